The van der Waals surface area contributed by atoms with E-state index in [0.29, 0.717) is 12.1 Å². The Kier molecular flexibility index (Phi) is 5.33. The maximum Gasteiger partial charge on any atom is 0.256 e. The second-order valence-corrected chi connectivity index (χ2v) is 6.83. The fourth-order valence-corrected chi connectivity index (χ4v) is 3.11. The number of hydrogen-bond donors (Lipinski definition) is 1. The van der Waals surface area contributed by atoms with Crippen molar-refractivity contribution in [2.45, 2.75) is 13.5 Å². The molecular weight excluding hydrogens is 427 g/mol. The standard InChI is InChI=1S/C20H17IN2O2/c1-14-5-4-6-17(19(14)21)20(25)22-16-10-8-15(9-11-16)13-23-12-3-2-7-18(23)24/h2-12H,13H2,1H3,(H,22,25). The van der Waals surface area contributed by atoms with Gasteiger partial charge in [0.05, 0.1) is 12.1 Å². The summed E-state index contributed by atoms with van der Waals surface area (Å²) in [7, 11) is 0. The molecule has 0 bridgehead atoms. The number of halogens is 1. The summed E-state index contributed by atoms with van der Waals surface area (Å²) in [4.78, 5) is 24.2. The topological polar surface area (TPSA) is 51.1 Å². The highest BCUT2D eigenvalue weighted by atomic mass is 127. The number of hydrogen-bond acceptors (Lipinski definition) is 2. The van der Waals surface area contributed by atoms with E-state index in [9.17, 15) is 9.59 Å². The molecule has 0 unspecified atom stereocenters. The van der Waals surface area contributed by atoms with E-state index in [1.807, 2.05) is 55.5 Å². The Labute approximate surface area is 159 Å². The Morgan fingerprint density at radius 3 is 2.52 bits per heavy atom. The first-order valence-electron chi connectivity index (χ1n) is 7.85. The van der Waals surface area contributed by atoms with E-state index in [2.05, 4.69) is 27.9 Å². The van der Waals surface area contributed by atoms with Crippen LogP contribution in [0.15, 0.2) is 71.7 Å². The van der Waals surface area contributed by atoms with Gasteiger partial charge >= 0.3 is 0 Å². The molecule has 3 rings (SSSR count). The summed E-state index contributed by atoms with van der Waals surface area (Å²) in [5.41, 5.74) is 3.44. The first kappa shape index (κ1) is 17.4. The number of anilines is 1. The van der Waals surface area contributed by atoms with Gasteiger partial charge in [0.1, 0.15) is 0 Å². The van der Waals surface area contributed by atoms with Crippen LogP contribution in [0.3, 0.4) is 0 Å². The van der Waals surface area contributed by atoms with Gasteiger partial charge in [0.15, 0.2) is 0 Å². The van der Waals surface area contributed by atoms with Gasteiger partial charge in [-0.3, -0.25) is 9.59 Å². The number of carbonyl (C=O) groups excluding carboxylic acids is 1. The van der Waals surface area contributed by atoms with Crippen molar-refractivity contribution in [2.75, 3.05) is 5.32 Å². The van der Waals surface area contributed by atoms with Gasteiger partial charge in [-0.25, -0.2) is 0 Å². The van der Waals surface area contributed by atoms with Crippen LogP contribution in [0.25, 0.3) is 0 Å². The highest BCUT2D eigenvalue weighted by Crippen LogP contribution is 2.18. The number of aryl methyl sites for hydroxylation is 1. The van der Waals surface area contributed by atoms with Crippen LogP contribution in [0.4, 0.5) is 5.69 Å². The molecule has 0 saturated carbocycles. The molecule has 0 radical (unpaired) electrons. The molecule has 0 aliphatic heterocycles. The minimum absolute atomic E-state index is 0.0334. The summed E-state index contributed by atoms with van der Waals surface area (Å²) in [6.45, 7) is 2.49. The molecule has 1 amide bonds. The highest BCUT2D eigenvalue weighted by molar-refractivity contribution is 14.1. The van der Waals surface area contributed by atoms with E-state index >= 15 is 0 Å². The molecule has 4 nitrogen and oxygen atoms in total. The fourth-order valence-electron chi connectivity index (χ4n) is 2.50. The van der Waals surface area contributed by atoms with Crippen LogP contribution < -0.4 is 10.9 Å². The smallest absolute Gasteiger partial charge is 0.256 e. The molecule has 2 aromatic carbocycles. The maximum absolute atomic E-state index is 12.4. The van der Waals surface area contributed by atoms with Crippen molar-refractivity contribution in [3.63, 3.8) is 0 Å². The minimum Gasteiger partial charge on any atom is -0.322 e. The van der Waals surface area contributed by atoms with Gasteiger partial charge in [0.25, 0.3) is 11.5 Å². The van der Waals surface area contributed by atoms with E-state index in [4.69, 9.17) is 0 Å². The quantitative estimate of drug-likeness (QED) is 0.618. The van der Waals surface area contributed by atoms with E-state index in [-0.39, 0.29) is 11.5 Å². The van der Waals surface area contributed by atoms with Crippen molar-refractivity contribution in [2.24, 2.45) is 0 Å². The minimum atomic E-state index is -0.125. The molecule has 0 atom stereocenters. The number of nitrogens with zero attached hydrogens (tertiary/aromatic N) is 1. The Bertz CT molecular complexity index is 962. The van der Waals surface area contributed by atoms with Gasteiger partial charge in [0.2, 0.25) is 0 Å². The zero-order valence-corrected chi connectivity index (χ0v) is 15.9. The van der Waals surface area contributed by atoms with E-state index in [1.54, 1.807) is 16.8 Å². The zero-order chi connectivity index (χ0) is 17.8. The summed E-state index contributed by atoms with van der Waals surface area (Å²) >= 11 is 2.19. The van der Waals surface area contributed by atoms with Crippen LogP contribution in [0.5, 0.6) is 0 Å². The Morgan fingerprint density at radius 2 is 1.80 bits per heavy atom. The summed E-state index contributed by atoms with van der Waals surface area (Å²) in [6, 6.07) is 18.3. The van der Waals surface area contributed by atoms with Crippen LogP contribution >= 0.6 is 22.6 Å². The van der Waals surface area contributed by atoms with Crippen molar-refractivity contribution < 1.29 is 4.79 Å². The van der Waals surface area contributed by atoms with Crippen molar-refractivity contribution in [3.8, 4) is 0 Å². The molecule has 1 N–H and O–H groups in total. The first-order valence-corrected chi connectivity index (χ1v) is 8.93. The average Bonchev–Trinajstić information content (AvgIpc) is 2.61. The number of rotatable bonds is 4. The molecule has 1 aromatic heterocycles. The number of nitrogens with one attached hydrogen (secondary N) is 1. The molecule has 0 spiro atoms. The number of carbonyl (C=O) groups is 1. The average molecular weight is 444 g/mol. The van der Waals surface area contributed by atoms with Gasteiger partial charge in [-0.2, -0.15) is 0 Å². The number of pyridine rings is 1. The lowest BCUT2D eigenvalue weighted by atomic mass is 10.1. The lowest BCUT2D eigenvalue weighted by Crippen LogP contribution is -2.18. The maximum atomic E-state index is 12.4. The van der Waals surface area contributed by atoms with Gasteiger partial charge in [-0.1, -0.05) is 30.3 Å². The van der Waals surface area contributed by atoms with Gasteiger partial charge in [0, 0.05) is 21.5 Å². The van der Waals surface area contributed by atoms with Gasteiger partial charge in [-0.15, -0.1) is 0 Å². The van der Waals surface area contributed by atoms with E-state index in [0.717, 1.165) is 20.4 Å². The Morgan fingerprint density at radius 1 is 1.04 bits per heavy atom. The lowest BCUT2D eigenvalue weighted by Gasteiger charge is -2.10. The SMILES string of the molecule is Cc1cccc(C(=O)Nc2ccc(Cn3ccccc3=O)cc2)c1I. The van der Waals surface area contributed by atoms with E-state index in [1.165, 1.54) is 6.07 Å². The molecule has 126 valence electrons. The predicted molar refractivity (Wildman–Crippen MR) is 108 cm³/mol. The van der Waals surface area contributed by atoms with Crippen LogP contribution in [0, 0.1) is 10.5 Å². The van der Waals surface area contributed by atoms with Crippen LogP contribution in [0.1, 0.15) is 21.5 Å². The third-order valence-corrected chi connectivity index (χ3v) is 5.33. The predicted octanol–water partition coefficient (Wildman–Crippen LogP) is 4.06. The third kappa shape index (κ3) is 4.17. The molecule has 0 aliphatic carbocycles. The monoisotopic (exact) mass is 444 g/mol. The van der Waals surface area contributed by atoms with Crippen molar-refractivity contribution in [1.82, 2.24) is 4.57 Å². The highest BCUT2D eigenvalue weighted by Gasteiger charge is 2.11. The number of benzene rings is 2. The van der Waals surface area contributed by atoms with Crippen LogP contribution in [0.2, 0.25) is 0 Å². The zero-order valence-electron chi connectivity index (χ0n) is 13.7. The van der Waals surface area contributed by atoms with Crippen LogP contribution in [-0.4, -0.2) is 10.5 Å². The largest absolute Gasteiger partial charge is 0.322 e. The van der Waals surface area contributed by atoms with Gasteiger partial charge in [-0.05, 0) is 64.9 Å². The fraction of sp³-hybridized carbons (Fsp3) is 0.100. The molecule has 3 aromatic rings. The number of aromatic nitrogens is 1. The molecular formula is C20H17IN2O2. The summed E-state index contributed by atoms with van der Waals surface area (Å²) < 4.78 is 2.60. The summed E-state index contributed by atoms with van der Waals surface area (Å²) in [6.07, 6.45) is 1.76. The third-order valence-electron chi connectivity index (χ3n) is 3.90. The molecule has 5 heteroatoms. The number of amides is 1. The molecule has 0 aliphatic rings. The van der Waals surface area contributed by atoms with Crippen molar-refractivity contribution in [3.05, 3.63) is 97.5 Å². The molecule has 1 heterocycles. The summed E-state index contributed by atoms with van der Waals surface area (Å²) in [5.74, 6) is -0.125. The Hall–Kier alpha value is -2.41. The normalized spacial score (nSPS) is 10.5. The van der Waals surface area contributed by atoms with Crippen molar-refractivity contribution in [1.29, 1.82) is 0 Å². The van der Waals surface area contributed by atoms with Gasteiger partial charge < -0.3 is 9.88 Å². The summed E-state index contributed by atoms with van der Waals surface area (Å²) in [5, 5.41) is 2.92. The first-order chi connectivity index (χ1) is 12.0. The van der Waals surface area contributed by atoms with Crippen molar-refractivity contribution >= 4 is 34.2 Å². The molecule has 0 fully saturated rings. The Balaban J connectivity index is 1.72. The lowest BCUT2D eigenvalue weighted by molar-refractivity contribution is 0.102. The van der Waals surface area contributed by atoms with E-state index < -0.39 is 0 Å². The van der Waals surface area contributed by atoms with Crippen LogP contribution in [-0.2, 0) is 6.54 Å². The molecule has 0 saturated heterocycles. The second kappa shape index (κ2) is 7.65. The molecule has 25 heavy (non-hydrogen) atoms. The second-order valence-electron chi connectivity index (χ2n) is 5.75.